The van der Waals surface area contributed by atoms with E-state index in [1.165, 1.54) is 0 Å². The van der Waals surface area contributed by atoms with Crippen LogP contribution in [0.3, 0.4) is 0 Å². The van der Waals surface area contributed by atoms with E-state index in [1.54, 1.807) is 18.2 Å². The third kappa shape index (κ3) is 5.52. The zero-order valence-corrected chi connectivity index (χ0v) is 14.7. The molecule has 0 heterocycles. The Morgan fingerprint density at radius 3 is 2.73 bits per heavy atom. The average molecular weight is 403 g/mol. The van der Waals surface area contributed by atoms with Gasteiger partial charge in [-0.1, -0.05) is 45.2 Å². The molecule has 0 fully saturated rings. The van der Waals surface area contributed by atoms with Crippen LogP contribution in [0, 0.1) is 0 Å². The normalized spacial score (nSPS) is 10.3. The van der Waals surface area contributed by atoms with E-state index in [9.17, 15) is 4.79 Å². The van der Waals surface area contributed by atoms with E-state index in [0.29, 0.717) is 35.2 Å². The number of hydrogen-bond acceptors (Lipinski definition) is 2. The summed E-state index contributed by atoms with van der Waals surface area (Å²) >= 11 is 15.2. The Bertz CT molecular complexity index is 664. The van der Waals surface area contributed by atoms with Crippen LogP contribution in [0.2, 0.25) is 10.0 Å². The van der Waals surface area contributed by atoms with Gasteiger partial charge in [-0.05, 0) is 42.8 Å². The molecule has 0 aromatic heterocycles. The minimum atomic E-state index is -0.0519. The number of ether oxygens (including phenoxy) is 1. The summed E-state index contributed by atoms with van der Waals surface area (Å²) in [5.41, 5.74) is 0.765. The summed E-state index contributed by atoms with van der Waals surface area (Å²) in [4.78, 5) is 11.8. The first-order valence-electron chi connectivity index (χ1n) is 6.68. The van der Waals surface area contributed by atoms with Gasteiger partial charge in [0.1, 0.15) is 5.75 Å². The Morgan fingerprint density at radius 2 is 2.00 bits per heavy atom. The molecule has 0 radical (unpaired) electrons. The lowest BCUT2D eigenvalue weighted by molar-refractivity contribution is -0.116. The number of carbonyl (C=O) groups excluding carboxylic acids is 1. The molecule has 0 aliphatic carbocycles. The zero-order valence-electron chi connectivity index (χ0n) is 11.6. The highest BCUT2D eigenvalue weighted by atomic mass is 79.9. The van der Waals surface area contributed by atoms with Crippen LogP contribution < -0.4 is 10.1 Å². The topological polar surface area (TPSA) is 38.3 Å². The number of rotatable bonds is 6. The van der Waals surface area contributed by atoms with Gasteiger partial charge in [0.2, 0.25) is 5.91 Å². The molecule has 0 bridgehead atoms. The first-order chi connectivity index (χ1) is 10.5. The summed E-state index contributed by atoms with van der Waals surface area (Å²) in [5, 5.41) is 3.86. The van der Waals surface area contributed by atoms with Crippen molar-refractivity contribution in [2.75, 3.05) is 11.9 Å². The Kier molecular flexibility index (Phi) is 6.55. The lowest BCUT2D eigenvalue weighted by Crippen LogP contribution is -2.12. The summed E-state index contributed by atoms with van der Waals surface area (Å²) in [6, 6.07) is 12.5. The smallest absolute Gasteiger partial charge is 0.224 e. The summed E-state index contributed by atoms with van der Waals surface area (Å²) in [6.45, 7) is 0.410. The predicted octanol–water partition coefficient (Wildman–Crippen LogP) is 5.55. The molecule has 3 nitrogen and oxygen atoms in total. The van der Waals surface area contributed by atoms with Crippen LogP contribution in [0.15, 0.2) is 46.9 Å². The van der Waals surface area contributed by atoms with Gasteiger partial charge in [0, 0.05) is 21.6 Å². The Balaban J connectivity index is 1.73. The molecule has 0 spiro atoms. The first-order valence-corrected chi connectivity index (χ1v) is 8.23. The highest BCUT2D eigenvalue weighted by Crippen LogP contribution is 2.27. The SMILES string of the molecule is O=C(CCCOc1ccc(Cl)cc1Cl)Nc1cccc(Br)c1. The van der Waals surface area contributed by atoms with Crippen LogP contribution in [-0.2, 0) is 4.79 Å². The lowest BCUT2D eigenvalue weighted by Gasteiger charge is -2.09. The summed E-state index contributed by atoms with van der Waals surface area (Å²) in [7, 11) is 0. The molecule has 116 valence electrons. The van der Waals surface area contributed by atoms with Crippen molar-refractivity contribution in [3.63, 3.8) is 0 Å². The minimum absolute atomic E-state index is 0.0519. The maximum atomic E-state index is 11.8. The fourth-order valence-corrected chi connectivity index (χ4v) is 2.66. The highest BCUT2D eigenvalue weighted by Gasteiger charge is 2.05. The van der Waals surface area contributed by atoms with Crippen LogP contribution in [0.4, 0.5) is 5.69 Å². The monoisotopic (exact) mass is 401 g/mol. The van der Waals surface area contributed by atoms with E-state index in [4.69, 9.17) is 27.9 Å². The fourth-order valence-electron chi connectivity index (χ4n) is 1.80. The molecule has 22 heavy (non-hydrogen) atoms. The van der Waals surface area contributed by atoms with Gasteiger partial charge >= 0.3 is 0 Å². The number of halogens is 3. The predicted molar refractivity (Wildman–Crippen MR) is 94.0 cm³/mol. The van der Waals surface area contributed by atoms with Crippen molar-refractivity contribution in [3.8, 4) is 5.75 Å². The number of amides is 1. The standard InChI is InChI=1S/C16H14BrCl2NO2/c17-11-3-1-4-13(9-11)20-16(21)5-2-8-22-15-7-6-12(18)10-14(15)19/h1,3-4,6-7,9-10H,2,5,8H2,(H,20,21). The Hall–Kier alpha value is -1.23. The Morgan fingerprint density at radius 1 is 1.18 bits per heavy atom. The van der Waals surface area contributed by atoms with Crippen LogP contribution >= 0.6 is 39.1 Å². The number of nitrogens with one attached hydrogen (secondary N) is 1. The molecule has 0 unspecified atom stereocenters. The van der Waals surface area contributed by atoms with Gasteiger partial charge in [-0.25, -0.2) is 0 Å². The molecule has 0 aliphatic heterocycles. The molecule has 2 rings (SSSR count). The van der Waals surface area contributed by atoms with Crippen molar-refractivity contribution in [1.82, 2.24) is 0 Å². The van der Waals surface area contributed by atoms with Gasteiger partial charge in [-0.2, -0.15) is 0 Å². The van der Waals surface area contributed by atoms with E-state index in [0.717, 1.165) is 10.2 Å². The van der Waals surface area contributed by atoms with Gasteiger partial charge in [0.05, 0.1) is 11.6 Å². The van der Waals surface area contributed by atoms with Crippen LogP contribution in [-0.4, -0.2) is 12.5 Å². The van der Waals surface area contributed by atoms with Crippen molar-refractivity contribution in [2.24, 2.45) is 0 Å². The number of carbonyl (C=O) groups is 1. The number of anilines is 1. The summed E-state index contributed by atoms with van der Waals surface area (Å²) < 4.78 is 6.46. The minimum Gasteiger partial charge on any atom is -0.492 e. The molecule has 0 saturated carbocycles. The van der Waals surface area contributed by atoms with Crippen LogP contribution in [0.5, 0.6) is 5.75 Å². The molecule has 1 N–H and O–H groups in total. The van der Waals surface area contributed by atoms with Gasteiger partial charge < -0.3 is 10.1 Å². The summed E-state index contributed by atoms with van der Waals surface area (Å²) in [5.74, 6) is 0.516. The molecule has 1 amide bonds. The molecule has 0 saturated heterocycles. The molecular formula is C16H14BrCl2NO2. The van der Waals surface area contributed by atoms with Crippen molar-refractivity contribution in [1.29, 1.82) is 0 Å². The third-order valence-electron chi connectivity index (χ3n) is 2.81. The van der Waals surface area contributed by atoms with Crippen molar-refractivity contribution in [3.05, 3.63) is 57.0 Å². The second-order valence-electron chi connectivity index (χ2n) is 4.59. The van der Waals surface area contributed by atoms with Crippen molar-refractivity contribution >= 4 is 50.7 Å². The van der Waals surface area contributed by atoms with E-state index in [-0.39, 0.29) is 5.91 Å². The number of hydrogen-bond donors (Lipinski definition) is 1. The zero-order chi connectivity index (χ0) is 15.9. The average Bonchev–Trinajstić information content (AvgIpc) is 2.45. The van der Waals surface area contributed by atoms with Crippen LogP contribution in [0.1, 0.15) is 12.8 Å². The Labute approximate surface area is 147 Å². The molecular weight excluding hydrogens is 389 g/mol. The van der Waals surface area contributed by atoms with Gasteiger partial charge in [0.25, 0.3) is 0 Å². The second-order valence-corrected chi connectivity index (χ2v) is 6.34. The largest absolute Gasteiger partial charge is 0.492 e. The van der Waals surface area contributed by atoms with Gasteiger partial charge in [-0.3, -0.25) is 4.79 Å². The van der Waals surface area contributed by atoms with Crippen molar-refractivity contribution in [2.45, 2.75) is 12.8 Å². The quantitative estimate of drug-likeness (QED) is 0.643. The van der Waals surface area contributed by atoms with Gasteiger partial charge in [0.15, 0.2) is 0 Å². The molecule has 0 atom stereocenters. The fraction of sp³-hybridized carbons (Fsp3) is 0.188. The second kappa shape index (κ2) is 8.42. The van der Waals surface area contributed by atoms with E-state index >= 15 is 0 Å². The lowest BCUT2D eigenvalue weighted by atomic mass is 10.2. The van der Waals surface area contributed by atoms with Crippen LogP contribution in [0.25, 0.3) is 0 Å². The molecule has 2 aromatic carbocycles. The highest BCUT2D eigenvalue weighted by molar-refractivity contribution is 9.10. The molecule has 2 aromatic rings. The van der Waals surface area contributed by atoms with Crippen molar-refractivity contribution < 1.29 is 9.53 Å². The maximum Gasteiger partial charge on any atom is 0.224 e. The van der Waals surface area contributed by atoms with E-state index in [2.05, 4.69) is 21.2 Å². The molecule has 6 heteroatoms. The number of benzene rings is 2. The summed E-state index contributed by atoms with van der Waals surface area (Å²) in [6.07, 6.45) is 0.969. The third-order valence-corrected chi connectivity index (χ3v) is 3.83. The maximum absolute atomic E-state index is 11.8. The van der Waals surface area contributed by atoms with E-state index in [1.807, 2.05) is 24.3 Å². The molecule has 0 aliphatic rings. The van der Waals surface area contributed by atoms with E-state index < -0.39 is 0 Å². The first kappa shape index (κ1) is 17.1. The van der Waals surface area contributed by atoms with Gasteiger partial charge in [-0.15, -0.1) is 0 Å².